The summed E-state index contributed by atoms with van der Waals surface area (Å²) in [6.45, 7) is 1.41. The second-order valence-corrected chi connectivity index (χ2v) is 9.10. The number of rotatable bonds is 5. The van der Waals surface area contributed by atoms with E-state index in [9.17, 15) is 4.39 Å². The highest BCUT2D eigenvalue weighted by Crippen LogP contribution is 2.41. The Labute approximate surface area is 212 Å². The highest BCUT2D eigenvalue weighted by molar-refractivity contribution is 6.04. The van der Waals surface area contributed by atoms with Gasteiger partial charge in [0.15, 0.2) is 5.82 Å². The lowest BCUT2D eigenvalue weighted by molar-refractivity contribution is 0.0427. The highest BCUT2D eigenvalue weighted by Gasteiger charge is 2.43. The van der Waals surface area contributed by atoms with Crippen LogP contribution in [0.4, 0.5) is 10.2 Å². The molecule has 0 saturated carbocycles. The minimum atomic E-state index is -0.476. The third kappa shape index (κ3) is 4.59. The molecule has 37 heavy (non-hydrogen) atoms. The van der Waals surface area contributed by atoms with Crippen LogP contribution in [0.2, 0.25) is 0 Å². The Balaban J connectivity index is 1.13. The molecule has 0 aliphatic carbocycles. The lowest BCUT2D eigenvalue weighted by Crippen LogP contribution is -2.51. The third-order valence-electron chi connectivity index (χ3n) is 6.69. The van der Waals surface area contributed by atoms with Gasteiger partial charge in [0.25, 0.3) is 5.89 Å². The molecule has 3 aromatic heterocycles. The minimum Gasteiger partial charge on any atom is -0.486 e. The zero-order valence-electron chi connectivity index (χ0n) is 20.2. The van der Waals surface area contributed by atoms with Crippen molar-refractivity contribution in [3.63, 3.8) is 0 Å². The maximum absolute atomic E-state index is 14.5. The fourth-order valence-corrected chi connectivity index (χ4v) is 4.86. The number of oxime groups is 1. The van der Waals surface area contributed by atoms with Crippen LogP contribution in [0.5, 0.6) is 5.75 Å². The molecule has 188 valence electrons. The first-order valence-electron chi connectivity index (χ1n) is 12.0. The minimum absolute atomic E-state index is 0.321. The average molecular weight is 502 g/mol. The summed E-state index contributed by atoms with van der Waals surface area (Å²) < 4.78 is 26.6. The van der Waals surface area contributed by atoms with E-state index in [1.165, 1.54) is 13.2 Å². The Morgan fingerprint density at radius 3 is 2.70 bits per heavy atom. The maximum Gasteiger partial charge on any atom is 0.268 e. The number of piperidine rings is 1. The van der Waals surface area contributed by atoms with E-state index in [-0.39, 0.29) is 5.82 Å². The van der Waals surface area contributed by atoms with Crippen LogP contribution >= 0.6 is 0 Å². The third-order valence-corrected chi connectivity index (χ3v) is 6.69. The van der Waals surface area contributed by atoms with E-state index in [0.717, 1.165) is 24.2 Å². The molecule has 5 heterocycles. The van der Waals surface area contributed by atoms with E-state index in [1.54, 1.807) is 24.5 Å². The highest BCUT2D eigenvalue weighted by atomic mass is 19.1. The second kappa shape index (κ2) is 9.57. The van der Waals surface area contributed by atoms with Gasteiger partial charge in [-0.1, -0.05) is 17.3 Å². The Morgan fingerprint density at radius 2 is 1.95 bits per heavy atom. The molecule has 1 fully saturated rings. The zero-order chi connectivity index (χ0) is 25.2. The van der Waals surface area contributed by atoms with E-state index in [4.69, 9.17) is 14.0 Å². The van der Waals surface area contributed by atoms with Gasteiger partial charge >= 0.3 is 0 Å². The summed E-state index contributed by atoms with van der Waals surface area (Å²) in [4.78, 5) is 11.3. The molecule has 10 nitrogen and oxygen atoms in total. The number of nitrogens with zero attached hydrogens (tertiary/aromatic N) is 7. The zero-order valence-corrected chi connectivity index (χ0v) is 20.2. The number of pyridine rings is 1. The van der Waals surface area contributed by atoms with Gasteiger partial charge in [0, 0.05) is 44.7 Å². The summed E-state index contributed by atoms with van der Waals surface area (Å²) in [6, 6.07) is 12.4. The fourth-order valence-electron chi connectivity index (χ4n) is 4.86. The average Bonchev–Trinajstić information content (AvgIpc) is 3.38. The normalized spacial score (nSPS) is 17.5. The number of hydrogen-bond acceptors (Lipinski definition) is 10. The van der Waals surface area contributed by atoms with Crippen molar-refractivity contribution in [2.75, 3.05) is 25.1 Å². The summed E-state index contributed by atoms with van der Waals surface area (Å²) >= 11 is 0. The molecule has 0 bridgehead atoms. The van der Waals surface area contributed by atoms with Gasteiger partial charge in [-0.25, -0.2) is 4.39 Å². The molecule has 1 saturated heterocycles. The van der Waals surface area contributed by atoms with Crippen molar-refractivity contribution in [3.8, 4) is 17.3 Å². The van der Waals surface area contributed by atoms with Crippen LogP contribution in [-0.2, 0) is 11.3 Å². The number of halogens is 1. The Morgan fingerprint density at radius 1 is 1.05 bits per heavy atom. The predicted molar refractivity (Wildman–Crippen MR) is 132 cm³/mol. The summed E-state index contributed by atoms with van der Waals surface area (Å²) in [6.07, 6.45) is 5.90. The van der Waals surface area contributed by atoms with Crippen molar-refractivity contribution in [2.24, 2.45) is 5.16 Å². The van der Waals surface area contributed by atoms with Gasteiger partial charge in [0.2, 0.25) is 5.89 Å². The lowest BCUT2D eigenvalue weighted by atomic mass is 9.82. The predicted octanol–water partition coefficient (Wildman–Crippen LogP) is 3.82. The van der Waals surface area contributed by atoms with Gasteiger partial charge in [0.1, 0.15) is 30.0 Å². The maximum atomic E-state index is 14.5. The van der Waals surface area contributed by atoms with E-state index >= 15 is 0 Å². The molecule has 6 rings (SSSR count). The molecule has 4 aromatic rings. The van der Waals surface area contributed by atoms with Crippen LogP contribution in [-0.4, -0.2) is 56.9 Å². The molecule has 1 spiro atoms. The Hall–Kier alpha value is -4.41. The van der Waals surface area contributed by atoms with E-state index in [0.29, 0.717) is 60.4 Å². The number of fused-ring (bicyclic) bond motifs is 1. The Bertz CT molecular complexity index is 1420. The van der Waals surface area contributed by atoms with Crippen molar-refractivity contribution in [1.82, 2.24) is 25.4 Å². The fraction of sp³-hybridized carbons (Fsp3) is 0.308. The van der Waals surface area contributed by atoms with Crippen LogP contribution in [0.1, 0.15) is 36.3 Å². The van der Waals surface area contributed by atoms with Gasteiger partial charge in [-0.05, 0) is 35.9 Å². The molecular weight excluding hydrogens is 477 g/mol. The van der Waals surface area contributed by atoms with Crippen molar-refractivity contribution in [2.45, 2.75) is 31.3 Å². The van der Waals surface area contributed by atoms with Gasteiger partial charge < -0.3 is 18.9 Å². The van der Waals surface area contributed by atoms with Crippen molar-refractivity contribution in [1.29, 1.82) is 0 Å². The number of benzene rings is 1. The quantitative estimate of drug-likeness (QED) is 0.377. The summed E-state index contributed by atoms with van der Waals surface area (Å²) in [5, 5.41) is 21.1. The van der Waals surface area contributed by atoms with Crippen molar-refractivity contribution >= 4 is 11.5 Å². The van der Waals surface area contributed by atoms with Crippen LogP contribution in [0, 0.1) is 5.82 Å². The second-order valence-electron chi connectivity index (χ2n) is 9.10. The molecule has 0 atom stereocenters. The van der Waals surface area contributed by atoms with Crippen LogP contribution in [0.3, 0.4) is 0 Å². The summed E-state index contributed by atoms with van der Waals surface area (Å²) in [5.41, 5.74) is 1.97. The number of aromatic nitrogens is 5. The Kier molecular flexibility index (Phi) is 5.95. The van der Waals surface area contributed by atoms with Gasteiger partial charge in [0.05, 0.1) is 17.7 Å². The molecule has 0 amide bonds. The van der Waals surface area contributed by atoms with Gasteiger partial charge in [-0.3, -0.25) is 4.98 Å². The van der Waals surface area contributed by atoms with Crippen LogP contribution < -0.4 is 9.64 Å². The SMILES string of the molecule is CON=C1CC2(CCN(c3ccc(-c4nnc(Cc5cccnc5)o4)nn3)CC2)Oc2cccc(F)c21. The summed E-state index contributed by atoms with van der Waals surface area (Å²) in [7, 11) is 1.47. The van der Waals surface area contributed by atoms with Crippen LogP contribution in [0.15, 0.2) is 64.4 Å². The number of ether oxygens (including phenoxy) is 1. The van der Waals surface area contributed by atoms with Gasteiger partial charge in [-0.15, -0.1) is 20.4 Å². The van der Waals surface area contributed by atoms with Crippen molar-refractivity contribution in [3.05, 3.63) is 77.7 Å². The van der Waals surface area contributed by atoms with E-state index in [1.807, 2.05) is 24.3 Å². The number of anilines is 1. The molecule has 1 aromatic carbocycles. The molecule has 2 aliphatic heterocycles. The monoisotopic (exact) mass is 501 g/mol. The largest absolute Gasteiger partial charge is 0.486 e. The molecule has 0 radical (unpaired) electrons. The standard InChI is InChI=1S/C26H24FN7O3/c1-35-33-20-15-26(37-21-6-2-5-18(27)24(20)21)9-12-34(13-10-26)22-8-7-19(29-30-22)25-32-31-23(36-25)14-17-4-3-11-28-16-17/h2-8,11,16H,9-10,12-15H2,1H3. The van der Waals surface area contributed by atoms with Crippen LogP contribution in [0.25, 0.3) is 11.6 Å². The number of hydrogen-bond donors (Lipinski definition) is 0. The summed E-state index contributed by atoms with van der Waals surface area (Å²) in [5.74, 6) is 1.70. The van der Waals surface area contributed by atoms with Crippen molar-refractivity contribution < 1.29 is 18.4 Å². The molecule has 0 unspecified atom stereocenters. The topological polar surface area (TPSA) is 112 Å². The first-order valence-corrected chi connectivity index (χ1v) is 12.0. The smallest absolute Gasteiger partial charge is 0.268 e. The molecular formula is C26H24FN7O3. The molecule has 2 aliphatic rings. The molecule has 11 heteroatoms. The van der Waals surface area contributed by atoms with E-state index < -0.39 is 5.60 Å². The first-order chi connectivity index (χ1) is 18.1. The molecule has 0 N–H and O–H groups in total. The van der Waals surface area contributed by atoms with E-state index in [2.05, 4.69) is 35.4 Å². The lowest BCUT2D eigenvalue weighted by Gasteiger charge is -2.44. The first kappa shape index (κ1) is 23.0. The van der Waals surface area contributed by atoms with Gasteiger partial charge in [-0.2, -0.15) is 0 Å².